The van der Waals surface area contributed by atoms with Crippen LogP contribution < -0.4 is 5.32 Å². The number of alkyl carbamates (subject to hydrolysis) is 1. The smallest absolute Gasteiger partial charge is 0.407 e. The topological polar surface area (TPSA) is 94.4 Å². The number of fused-ring (bicyclic) bond motifs is 3. The number of nitrogens with zero attached hydrogens (tertiary/aromatic N) is 2. The lowest BCUT2D eigenvalue weighted by Crippen LogP contribution is -2.26. The Balaban J connectivity index is 1.29. The molecule has 0 aliphatic heterocycles. The predicted octanol–water partition coefficient (Wildman–Crippen LogP) is 4.93. The molecule has 0 fully saturated rings. The minimum atomic E-state index is -0.487. The van der Waals surface area contributed by atoms with E-state index in [0.717, 1.165) is 11.1 Å². The van der Waals surface area contributed by atoms with Gasteiger partial charge in [0.15, 0.2) is 0 Å². The SMILES string of the molecule is O=C(NCCC=Cc1ncccc1[N+](=O)[O-])OCC1c2ccccc2-c2ccccc21. The molecule has 0 saturated carbocycles. The molecule has 4 rings (SSSR count). The number of nitrogens with one attached hydrogen (secondary N) is 1. The summed E-state index contributed by atoms with van der Waals surface area (Å²) in [5.74, 6) is 0.0164. The van der Waals surface area contributed by atoms with Gasteiger partial charge in [-0.05, 0) is 40.8 Å². The highest BCUT2D eigenvalue weighted by atomic mass is 16.6. The summed E-state index contributed by atoms with van der Waals surface area (Å²) >= 11 is 0. The van der Waals surface area contributed by atoms with Gasteiger partial charge in [-0.3, -0.25) is 10.1 Å². The molecule has 3 aromatic rings. The molecular formula is C24H21N3O4. The summed E-state index contributed by atoms with van der Waals surface area (Å²) in [6, 6.07) is 19.3. The normalized spacial score (nSPS) is 12.4. The maximum atomic E-state index is 12.1. The fourth-order valence-electron chi connectivity index (χ4n) is 3.79. The van der Waals surface area contributed by atoms with Crippen LogP contribution in [0.3, 0.4) is 0 Å². The van der Waals surface area contributed by atoms with Crippen molar-refractivity contribution in [2.45, 2.75) is 12.3 Å². The van der Waals surface area contributed by atoms with E-state index in [2.05, 4.69) is 34.6 Å². The van der Waals surface area contributed by atoms with Crippen LogP contribution in [0, 0.1) is 10.1 Å². The second kappa shape index (κ2) is 9.21. The molecule has 0 bridgehead atoms. The molecule has 31 heavy (non-hydrogen) atoms. The maximum absolute atomic E-state index is 12.1. The van der Waals surface area contributed by atoms with Crippen LogP contribution in [0.4, 0.5) is 10.5 Å². The first-order valence-corrected chi connectivity index (χ1v) is 10.00. The molecule has 7 nitrogen and oxygen atoms in total. The third kappa shape index (κ3) is 4.45. The minimum Gasteiger partial charge on any atom is -0.449 e. The Hall–Kier alpha value is -4.00. The molecule has 0 atom stereocenters. The van der Waals surface area contributed by atoms with Crippen LogP contribution in [0.5, 0.6) is 0 Å². The van der Waals surface area contributed by atoms with Crippen molar-refractivity contribution >= 4 is 17.9 Å². The van der Waals surface area contributed by atoms with E-state index in [1.165, 1.54) is 29.5 Å². The second-order valence-corrected chi connectivity index (χ2v) is 7.11. The first-order valence-electron chi connectivity index (χ1n) is 10.00. The maximum Gasteiger partial charge on any atom is 0.407 e. The van der Waals surface area contributed by atoms with Crippen molar-refractivity contribution in [3.8, 4) is 11.1 Å². The Morgan fingerprint density at radius 2 is 1.74 bits per heavy atom. The zero-order chi connectivity index (χ0) is 21.6. The van der Waals surface area contributed by atoms with Gasteiger partial charge in [0.2, 0.25) is 0 Å². The van der Waals surface area contributed by atoms with Gasteiger partial charge in [-0.1, -0.05) is 54.6 Å². The lowest BCUT2D eigenvalue weighted by atomic mass is 9.98. The molecule has 156 valence electrons. The highest BCUT2D eigenvalue weighted by molar-refractivity contribution is 5.79. The molecule has 0 saturated heterocycles. The number of nitro groups is 1. The summed E-state index contributed by atoms with van der Waals surface area (Å²) in [6.45, 7) is 0.615. The standard InChI is InChI=1S/C24H21N3O4/c28-24(26-14-6-5-12-22-23(27(29)30)13-7-15-25-22)31-16-21-19-10-3-1-8-17(19)18-9-2-4-11-20(18)21/h1-5,7-13,15,21H,6,14,16H2,(H,26,28). The average molecular weight is 415 g/mol. The number of pyridine rings is 1. The zero-order valence-corrected chi connectivity index (χ0v) is 16.7. The molecular weight excluding hydrogens is 394 g/mol. The van der Waals surface area contributed by atoms with E-state index >= 15 is 0 Å². The zero-order valence-electron chi connectivity index (χ0n) is 16.7. The summed E-state index contributed by atoms with van der Waals surface area (Å²) < 4.78 is 5.48. The van der Waals surface area contributed by atoms with Crippen molar-refractivity contribution in [2.24, 2.45) is 0 Å². The number of benzene rings is 2. The average Bonchev–Trinajstić information content (AvgIpc) is 3.11. The molecule has 1 aliphatic carbocycles. The third-order valence-electron chi connectivity index (χ3n) is 5.21. The first kappa shape index (κ1) is 20.3. The van der Waals surface area contributed by atoms with E-state index in [9.17, 15) is 14.9 Å². The Labute approximate surface area is 179 Å². The summed E-state index contributed by atoms with van der Waals surface area (Å²) in [5, 5.41) is 13.7. The van der Waals surface area contributed by atoms with Crippen LogP contribution in [-0.4, -0.2) is 29.2 Å². The van der Waals surface area contributed by atoms with Gasteiger partial charge in [0, 0.05) is 24.7 Å². The van der Waals surface area contributed by atoms with E-state index < -0.39 is 11.0 Å². The van der Waals surface area contributed by atoms with Gasteiger partial charge in [-0.15, -0.1) is 0 Å². The molecule has 7 heteroatoms. The quantitative estimate of drug-likeness (QED) is 0.335. The molecule has 1 amide bonds. The first-order chi connectivity index (χ1) is 15.1. The number of carbonyl (C=O) groups excluding carboxylic acids is 1. The van der Waals surface area contributed by atoms with Gasteiger partial charge in [0.05, 0.1) is 4.92 Å². The second-order valence-electron chi connectivity index (χ2n) is 7.11. The number of hydrogen-bond donors (Lipinski definition) is 1. The van der Waals surface area contributed by atoms with Crippen molar-refractivity contribution in [3.05, 3.63) is 99.9 Å². The molecule has 0 unspecified atom stereocenters. The van der Waals surface area contributed by atoms with Crippen molar-refractivity contribution in [1.29, 1.82) is 0 Å². The van der Waals surface area contributed by atoms with Crippen molar-refractivity contribution in [3.63, 3.8) is 0 Å². The fourth-order valence-corrected chi connectivity index (χ4v) is 3.79. The van der Waals surface area contributed by atoms with Gasteiger partial charge >= 0.3 is 6.09 Å². The molecule has 0 radical (unpaired) electrons. The lowest BCUT2D eigenvalue weighted by Gasteiger charge is -2.14. The summed E-state index contributed by atoms with van der Waals surface area (Å²) in [7, 11) is 0. The van der Waals surface area contributed by atoms with Crippen LogP contribution >= 0.6 is 0 Å². The van der Waals surface area contributed by atoms with E-state index in [4.69, 9.17) is 4.74 Å². The number of ether oxygens (including phenoxy) is 1. The van der Waals surface area contributed by atoms with Gasteiger partial charge in [-0.25, -0.2) is 9.78 Å². The van der Waals surface area contributed by atoms with Crippen LogP contribution in [-0.2, 0) is 4.74 Å². The summed E-state index contributed by atoms with van der Waals surface area (Å²) in [4.78, 5) is 26.7. The van der Waals surface area contributed by atoms with Crippen molar-refractivity contribution in [2.75, 3.05) is 13.2 Å². The van der Waals surface area contributed by atoms with E-state index in [0.29, 0.717) is 13.0 Å². The van der Waals surface area contributed by atoms with E-state index in [1.807, 2.05) is 24.3 Å². The van der Waals surface area contributed by atoms with E-state index in [-0.39, 0.29) is 23.9 Å². The number of rotatable bonds is 7. The number of carbonyl (C=O) groups is 1. The Bertz CT molecular complexity index is 1100. The third-order valence-corrected chi connectivity index (χ3v) is 5.21. The Morgan fingerprint density at radius 3 is 2.42 bits per heavy atom. The largest absolute Gasteiger partial charge is 0.449 e. The van der Waals surface area contributed by atoms with Gasteiger partial charge in [0.25, 0.3) is 5.69 Å². The molecule has 2 aromatic carbocycles. The van der Waals surface area contributed by atoms with Crippen LogP contribution in [0.15, 0.2) is 72.9 Å². The number of hydrogen-bond acceptors (Lipinski definition) is 5. The molecule has 0 spiro atoms. The predicted molar refractivity (Wildman–Crippen MR) is 118 cm³/mol. The van der Waals surface area contributed by atoms with Gasteiger partial charge in [-0.2, -0.15) is 0 Å². The monoisotopic (exact) mass is 415 g/mol. The van der Waals surface area contributed by atoms with Crippen LogP contribution in [0.2, 0.25) is 0 Å². The molecule has 1 aromatic heterocycles. The van der Waals surface area contributed by atoms with Crippen molar-refractivity contribution < 1.29 is 14.5 Å². The van der Waals surface area contributed by atoms with E-state index in [1.54, 1.807) is 12.2 Å². The molecule has 1 N–H and O–H groups in total. The van der Waals surface area contributed by atoms with Crippen LogP contribution in [0.1, 0.15) is 29.2 Å². The lowest BCUT2D eigenvalue weighted by molar-refractivity contribution is -0.385. The van der Waals surface area contributed by atoms with Gasteiger partial charge in [0.1, 0.15) is 12.3 Å². The Morgan fingerprint density at radius 1 is 1.06 bits per heavy atom. The number of amides is 1. The summed E-state index contributed by atoms with van der Waals surface area (Å²) in [5.41, 5.74) is 4.92. The highest BCUT2D eigenvalue weighted by Gasteiger charge is 2.28. The van der Waals surface area contributed by atoms with Crippen molar-refractivity contribution in [1.82, 2.24) is 10.3 Å². The fraction of sp³-hybridized carbons (Fsp3) is 0.167. The Kier molecular flexibility index (Phi) is 6.03. The molecule has 1 heterocycles. The van der Waals surface area contributed by atoms with Gasteiger partial charge < -0.3 is 10.1 Å². The highest BCUT2D eigenvalue weighted by Crippen LogP contribution is 2.44. The number of aromatic nitrogens is 1. The minimum absolute atomic E-state index is 0.0164. The van der Waals surface area contributed by atoms with Crippen LogP contribution in [0.25, 0.3) is 17.2 Å². The molecule has 1 aliphatic rings. The summed E-state index contributed by atoms with van der Waals surface area (Å²) in [6.07, 6.45) is 4.83.